The molecule has 0 amide bonds. The van der Waals surface area contributed by atoms with Crippen LogP contribution in [0.5, 0.6) is 0 Å². The van der Waals surface area contributed by atoms with Crippen LogP contribution in [0.1, 0.15) is 66.8 Å². The third kappa shape index (κ3) is 4.50. The molecule has 144 valence electrons. The van der Waals surface area contributed by atoms with Gasteiger partial charge in [0.2, 0.25) is 0 Å². The summed E-state index contributed by atoms with van der Waals surface area (Å²) in [4.78, 5) is 28.1. The predicted octanol–water partition coefficient (Wildman–Crippen LogP) is 4.38. The Labute approximate surface area is 163 Å². The van der Waals surface area contributed by atoms with Crippen molar-refractivity contribution in [2.75, 3.05) is 6.61 Å². The Balaban J connectivity index is 2.11. The van der Waals surface area contributed by atoms with Crippen molar-refractivity contribution in [1.29, 1.82) is 0 Å². The number of rotatable bonds is 6. The molecule has 0 unspecified atom stereocenters. The highest BCUT2D eigenvalue weighted by Crippen LogP contribution is 2.34. The lowest BCUT2D eigenvalue weighted by atomic mass is 9.88. The molecule has 0 bridgehead atoms. The second kappa shape index (κ2) is 8.57. The van der Waals surface area contributed by atoms with Crippen molar-refractivity contribution in [3.05, 3.63) is 46.5 Å². The lowest BCUT2D eigenvalue weighted by Crippen LogP contribution is -2.13. The summed E-state index contributed by atoms with van der Waals surface area (Å²) in [5.41, 5.74) is 1.50. The summed E-state index contributed by atoms with van der Waals surface area (Å²) in [6.07, 6.45) is 6.92. The van der Waals surface area contributed by atoms with Gasteiger partial charge < -0.3 is 14.4 Å². The third-order valence-corrected chi connectivity index (χ3v) is 5.07. The lowest BCUT2D eigenvalue weighted by molar-refractivity contribution is -0.136. The van der Waals surface area contributed by atoms with Crippen LogP contribution in [0.15, 0.2) is 24.4 Å². The fourth-order valence-corrected chi connectivity index (χ4v) is 3.78. The fourth-order valence-electron chi connectivity index (χ4n) is 3.61. The molecule has 0 saturated heterocycles. The molecule has 1 fully saturated rings. The zero-order valence-electron chi connectivity index (χ0n) is 15.3. The molecule has 0 aliphatic heterocycles. The molecular weight excluding hydrogens is 368 g/mol. The molecule has 27 heavy (non-hydrogen) atoms. The summed E-state index contributed by atoms with van der Waals surface area (Å²) in [7, 11) is 0. The molecule has 1 saturated carbocycles. The summed E-state index contributed by atoms with van der Waals surface area (Å²) in [6.45, 7) is 2.02. The number of esters is 1. The maximum atomic E-state index is 12.2. The summed E-state index contributed by atoms with van der Waals surface area (Å²) in [5, 5.41) is 9.76. The first-order valence-corrected chi connectivity index (χ1v) is 9.64. The van der Waals surface area contributed by atoms with E-state index in [1.165, 1.54) is 6.42 Å². The van der Waals surface area contributed by atoms with Gasteiger partial charge in [0.05, 0.1) is 18.7 Å². The van der Waals surface area contributed by atoms with Gasteiger partial charge in [-0.3, -0.25) is 4.79 Å². The van der Waals surface area contributed by atoms with Crippen LogP contribution in [0, 0.1) is 0 Å². The van der Waals surface area contributed by atoms with Crippen LogP contribution in [0.3, 0.4) is 0 Å². The SMILES string of the molecule is CCOC(=O)c1cn(-c2cc(Cl)ccc2CC(=O)O)c(C2CCCCC2)n1. The average molecular weight is 391 g/mol. The van der Waals surface area contributed by atoms with E-state index in [2.05, 4.69) is 4.98 Å². The maximum Gasteiger partial charge on any atom is 0.358 e. The molecular formula is C20H23ClN2O4. The van der Waals surface area contributed by atoms with Gasteiger partial charge in [-0.25, -0.2) is 9.78 Å². The Kier molecular flexibility index (Phi) is 6.16. The first-order chi connectivity index (χ1) is 13.0. The number of aromatic nitrogens is 2. The molecule has 3 rings (SSSR count). The van der Waals surface area contributed by atoms with Gasteiger partial charge in [0.15, 0.2) is 5.69 Å². The quantitative estimate of drug-likeness (QED) is 0.740. The highest BCUT2D eigenvalue weighted by atomic mass is 35.5. The summed E-state index contributed by atoms with van der Waals surface area (Å²) >= 11 is 6.19. The average Bonchev–Trinajstić information content (AvgIpc) is 3.09. The minimum absolute atomic E-state index is 0.135. The molecule has 1 heterocycles. The normalized spacial score (nSPS) is 14.9. The number of hydrogen-bond donors (Lipinski definition) is 1. The van der Waals surface area contributed by atoms with E-state index in [0.29, 0.717) is 16.3 Å². The number of carbonyl (C=O) groups is 2. The highest BCUT2D eigenvalue weighted by Gasteiger charge is 2.25. The van der Waals surface area contributed by atoms with Gasteiger partial charge in [0.1, 0.15) is 5.82 Å². The number of benzene rings is 1. The number of carbonyl (C=O) groups excluding carboxylic acids is 1. The predicted molar refractivity (Wildman–Crippen MR) is 102 cm³/mol. The smallest absolute Gasteiger partial charge is 0.358 e. The van der Waals surface area contributed by atoms with Gasteiger partial charge in [0.25, 0.3) is 0 Å². The Hall–Kier alpha value is -2.34. The van der Waals surface area contributed by atoms with Crippen LogP contribution in [0.25, 0.3) is 5.69 Å². The first-order valence-electron chi connectivity index (χ1n) is 9.26. The first kappa shape index (κ1) is 19.4. The van der Waals surface area contributed by atoms with Gasteiger partial charge in [-0.15, -0.1) is 0 Å². The number of imidazole rings is 1. The van der Waals surface area contributed by atoms with Crippen LogP contribution in [-0.4, -0.2) is 33.2 Å². The molecule has 6 nitrogen and oxygen atoms in total. The number of nitrogens with zero attached hydrogens (tertiary/aromatic N) is 2. The van der Waals surface area contributed by atoms with Crippen LogP contribution in [-0.2, 0) is 16.0 Å². The Morgan fingerprint density at radius 2 is 2.04 bits per heavy atom. The minimum atomic E-state index is -0.927. The van der Waals surface area contributed by atoms with E-state index < -0.39 is 11.9 Å². The van der Waals surface area contributed by atoms with Crippen molar-refractivity contribution in [3.63, 3.8) is 0 Å². The van der Waals surface area contributed by atoms with E-state index >= 15 is 0 Å². The van der Waals surface area contributed by atoms with Gasteiger partial charge in [0, 0.05) is 17.1 Å². The number of carboxylic acid groups (broad SMARTS) is 1. The second-order valence-corrected chi connectivity index (χ2v) is 7.19. The summed E-state index contributed by atoms with van der Waals surface area (Å²) < 4.78 is 6.93. The highest BCUT2D eigenvalue weighted by molar-refractivity contribution is 6.30. The van der Waals surface area contributed by atoms with E-state index in [9.17, 15) is 14.7 Å². The Morgan fingerprint density at radius 3 is 2.70 bits per heavy atom. The van der Waals surface area contributed by atoms with E-state index in [1.54, 1.807) is 31.3 Å². The van der Waals surface area contributed by atoms with Gasteiger partial charge in [-0.2, -0.15) is 0 Å². The maximum absolute atomic E-state index is 12.2. The number of ether oxygens (including phenoxy) is 1. The Bertz CT molecular complexity index is 841. The van der Waals surface area contributed by atoms with E-state index in [1.807, 2.05) is 4.57 Å². The second-order valence-electron chi connectivity index (χ2n) is 6.75. The molecule has 1 aromatic heterocycles. The monoisotopic (exact) mass is 390 g/mol. The van der Waals surface area contributed by atoms with Crippen LogP contribution < -0.4 is 0 Å². The van der Waals surface area contributed by atoms with Gasteiger partial charge in [-0.05, 0) is 37.5 Å². The van der Waals surface area contributed by atoms with Crippen LogP contribution in [0.4, 0.5) is 0 Å². The molecule has 1 aliphatic carbocycles. The van der Waals surface area contributed by atoms with Gasteiger partial charge >= 0.3 is 11.9 Å². The largest absolute Gasteiger partial charge is 0.481 e. The van der Waals surface area contributed by atoms with Crippen molar-refractivity contribution in [2.24, 2.45) is 0 Å². The summed E-state index contributed by atoms with van der Waals surface area (Å²) in [5.74, 6) is -0.413. The zero-order valence-corrected chi connectivity index (χ0v) is 16.0. The summed E-state index contributed by atoms with van der Waals surface area (Å²) in [6, 6.07) is 5.11. The fraction of sp³-hybridized carbons (Fsp3) is 0.450. The number of halogens is 1. The molecule has 0 spiro atoms. The molecule has 1 aliphatic rings. The topological polar surface area (TPSA) is 81.4 Å². The van der Waals surface area contributed by atoms with E-state index in [0.717, 1.165) is 31.5 Å². The number of carboxylic acids is 1. The third-order valence-electron chi connectivity index (χ3n) is 4.84. The van der Waals surface area contributed by atoms with Crippen molar-refractivity contribution in [1.82, 2.24) is 9.55 Å². The molecule has 2 aromatic rings. The zero-order chi connectivity index (χ0) is 19.4. The van der Waals surface area contributed by atoms with Crippen LogP contribution >= 0.6 is 11.6 Å². The van der Waals surface area contributed by atoms with Crippen molar-refractivity contribution >= 4 is 23.5 Å². The molecule has 0 radical (unpaired) electrons. The van der Waals surface area contributed by atoms with Crippen molar-refractivity contribution in [3.8, 4) is 5.69 Å². The number of aliphatic carboxylic acids is 1. The molecule has 0 atom stereocenters. The van der Waals surface area contributed by atoms with E-state index in [4.69, 9.17) is 16.3 Å². The molecule has 1 aromatic carbocycles. The lowest BCUT2D eigenvalue weighted by Gasteiger charge is -2.23. The standard InChI is InChI=1S/C20H23ClN2O4/c1-2-27-20(26)16-12-23(19(22-16)13-6-4-3-5-7-13)17-11-15(21)9-8-14(17)10-18(24)25/h8-9,11-13H,2-7,10H2,1H3,(H,24,25). The van der Waals surface area contributed by atoms with Crippen molar-refractivity contribution < 1.29 is 19.4 Å². The van der Waals surface area contributed by atoms with Gasteiger partial charge in [-0.1, -0.05) is 36.9 Å². The van der Waals surface area contributed by atoms with E-state index in [-0.39, 0.29) is 24.6 Å². The van der Waals surface area contributed by atoms with Crippen LogP contribution in [0.2, 0.25) is 5.02 Å². The molecule has 7 heteroatoms. The Morgan fingerprint density at radius 1 is 1.30 bits per heavy atom. The van der Waals surface area contributed by atoms with Crippen molar-refractivity contribution in [2.45, 2.75) is 51.4 Å². The molecule has 1 N–H and O–H groups in total. The number of hydrogen-bond acceptors (Lipinski definition) is 4. The minimum Gasteiger partial charge on any atom is -0.481 e.